The maximum absolute atomic E-state index is 11.6. The van der Waals surface area contributed by atoms with E-state index in [0.29, 0.717) is 0 Å². The zero-order valence-corrected chi connectivity index (χ0v) is 11.4. The number of hydrogen-bond donors (Lipinski definition) is 0. The highest BCUT2D eigenvalue weighted by Crippen LogP contribution is 2.17. The first kappa shape index (κ1) is 12.7. The number of hydrogen-bond acceptors (Lipinski definition) is 3. The second-order valence-electron chi connectivity index (χ2n) is 3.18. The van der Waals surface area contributed by atoms with Crippen LogP contribution in [0.4, 0.5) is 0 Å². The summed E-state index contributed by atoms with van der Waals surface area (Å²) in [5.41, 5.74) is 0. The van der Waals surface area contributed by atoms with Gasteiger partial charge in [0, 0.05) is 17.0 Å². The first-order valence-corrected chi connectivity index (χ1v) is 8.46. The summed E-state index contributed by atoms with van der Waals surface area (Å²) in [5, 5.41) is 0. The van der Waals surface area contributed by atoms with Gasteiger partial charge < -0.3 is 0 Å². The molecule has 1 aromatic rings. The molecule has 0 saturated heterocycles. The Morgan fingerprint density at radius 2 is 1.53 bits per heavy atom. The van der Waals surface area contributed by atoms with Crippen LogP contribution in [0.15, 0.2) is 37.4 Å². The Hall–Kier alpha value is -0.400. The molecule has 0 bridgehead atoms. The van der Waals surface area contributed by atoms with Gasteiger partial charge in [-0.3, -0.25) is 0 Å². The van der Waals surface area contributed by atoms with Gasteiger partial charge in [-0.25, -0.2) is 4.21 Å². The average Bonchev–Trinajstić information content (AvgIpc) is 2.00. The molecule has 0 unspecified atom stereocenters. The van der Waals surface area contributed by atoms with Crippen LogP contribution in [0.5, 0.6) is 0 Å². The highest BCUT2D eigenvalue weighted by molar-refractivity contribution is 9.10. The van der Waals surface area contributed by atoms with Gasteiger partial charge in [0.05, 0.1) is 14.6 Å². The van der Waals surface area contributed by atoms with E-state index in [1.54, 1.807) is 12.1 Å². The van der Waals surface area contributed by atoms with Gasteiger partial charge in [0.15, 0.2) is 0 Å². The molecule has 1 rings (SSSR count). The summed E-state index contributed by atoms with van der Waals surface area (Å²) in [7, 11) is -6.47. The van der Waals surface area contributed by atoms with Crippen LogP contribution in [0.2, 0.25) is 0 Å². The average molecular weight is 312 g/mol. The van der Waals surface area contributed by atoms with Crippen LogP contribution in [0.3, 0.4) is 0 Å². The maximum atomic E-state index is 11.6. The Labute approximate surface area is 98.1 Å². The Morgan fingerprint density at radius 1 is 1.07 bits per heavy atom. The van der Waals surface area contributed by atoms with Gasteiger partial charge in [-0.15, -0.1) is 3.77 Å². The molecule has 0 radical (unpaired) electrons. The van der Waals surface area contributed by atoms with Crippen molar-refractivity contribution in [3.05, 3.63) is 28.7 Å². The zero-order chi connectivity index (χ0) is 11.7. The molecule has 0 amide bonds. The number of nitrogens with zero attached hydrogens (tertiary/aromatic N) is 1. The zero-order valence-electron chi connectivity index (χ0n) is 8.18. The minimum atomic E-state index is -3.81. The van der Waals surface area contributed by atoms with Crippen LogP contribution in [0.25, 0.3) is 0 Å². The van der Waals surface area contributed by atoms with E-state index < -0.39 is 19.8 Å². The van der Waals surface area contributed by atoms with Crippen molar-refractivity contribution >= 4 is 35.7 Å². The molecule has 0 heterocycles. The van der Waals surface area contributed by atoms with E-state index in [-0.39, 0.29) is 4.90 Å². The molecular formula is C8H10BrNO3S2. The summed E-state index contributed by atoms with van der Waals surface area (Å²) in [6.45, 7) is 0. The third-order valence-corrected chi connectivity index (χ3v) is 5.01. The molecule has 84 valence electrons. The van der Waals surface area contributed by atoms with Crippen LogP contribution in [0, 0.1) is 0 Å². The van der Waals surface area contributed by atoms with E-state index in [2.05, 4.69) is 19.7 Å². The lowest BCUT2D eigenvalue weighted by atomic mass is 10.4. The molecular weight excluding hydrogens is 302 g/mol. The van der Waals surface area contributed by atoms with Crippen molar-refractivity contribution in [1.29, 1.82) is 0 Å². The Morgan fingerprint density at radius 3 is 1.93 bits per heavy atom. The van der Waals surface area contributed by atoms with E-state index in [0.717, 1.165) is 4.47 Å². The number of rotatable bonds is 2. The first-order chi connectivity index (χ1) is 6.71. The molecule has 7 heteroatoms. The summed E-state index contributed by atoms with van der Waals surface area (Å²) < 4.78 is 38.6. The highest BCUT2D eigenvalue weighted by Gasteiger charge is 2.13. The molecule has 0 atom stereocenters. The minimum absolute atomic E-state index is 0.0436. The molecule has 0 N–H and O–H groups in total. The lowest BCUT2D eigenvalue weighted by Crippen LogP contribution is -2.02. The smallest absolute Gasteiger partial charge is 0.249 e. The SMILES string of the molecule is CS(C)(=O)=NS(=O)(=O)c1ccc(Br)cc1. The fourth-order valence-corrected chi connectivity index (χ4v) is 3.87. The third kappa shape index (κ3) is 3.92. The summed E-state index contributed by atoms with van der Waals surface area (Å²) in [6.07, 6.45) is 2.56. The second kappa shape index (κ2) is 4.23. The van der Waals surface area contributed by atoms with Crippen molar-refractivity contribution in [2.45, 2.75) is 4.90 Å². The van der Waals surface area contributed by atoms with E-state index in [1.165, 1.54) is 24.6 Å². The van der Waals surface area contributed by atoms with Gasteiger partial charge >= 0.3 is 0 Å². The summed E-state index contributed by atoms with van der Waals surface area (Å²) in [6, 6.07) is 6.01. The Balaban J connectivity index is 3.31. The monoisotopic (exact) mass is 311 g/mol. The standard InChI is InChI=1S/C8H10BrNO3S2/c1-14(2,11)10-15(12,13)8-5-3-7(9)4-6-8/h3-6H,1-2H3. The molecule has 0 fully saturated rings. The van der Waals surface area contributed by atoms with E-state index in [4.69, 9.17) is 0 Å². The fourth-order valence-electron chi connectivity index (χ4n) is 0.886. The molecule has 15 heavy (non-hydrogen) atoms. The number of benzene rings is 1. The van der Waals surface area contributed by atoms with Crippen LogP contribution in [-0.2, 0) is 19.8 Å². The van der Waals surface area contributed by atoms with Gasteiger partial charge in [0.25, 0.3) is 10.0 Å². The van der Waals surface area contributed by atoms with Crippen LogP contribution < -0.4 is 0 Å². The second-order valence-corrected chi connectivity index (χ2v) is 8.48. The maximum Gasteiger partial charge on any atom is 0.290 e. The quantitative estimate of drug-likeness (QED) is 0.837. The van der Waals surface area contributed by atoms with Crippen molar-refractivity contribution in [1.82, 2.24) is 0 Å². The molecule has 0 aromatic heterocycles. The third-order valence-electron chi connectivity index (χ3n) is 1.39. The first-order valence-electron chi connectivity index (χ1n) is 3.90. The van der Waals surface area contributed by atoms with E-state index in [9.17, 15) is 12.6 Å². The number of sulfonamides is 1. The fraction of sp³-hybridized carbons (Fsp3) is 0.250. The Kier molecular flexibility index (Phi) is 3.57. The van der Waals surface area contributed by atoms with Gasteiger partial charge in [-0.1, -0.05) is 15.9 Å². The van der Waals surface area contributed by atoms with Gasteiger partial charge in [-0.05, 0) is 24.3 Å². The highest BCUT2D eigenvalue weighted by atomic mass is 79.9. The summed E-state index contributed by atoms with van der Waals surface area (Å²) in [4.78, 5) is 0.0436. The molecule has 0 aliphatic rings. The van der Waals surface area contributed by atoms with Crippen molar-refractivity contribution in [2.75, 3.05) is 12.5 Å². The van der Waals surface area contributed by atoms with Crippen molar-refractivity contribution < 1.29 is 12.6 Å². The predicted molar refractivity (Wildman–Crippen MR) is 63.7 cm³/mol. The van der Waals surface area contributed by atoms with Gasteiger partial charge in [-0.2, -0.15) is 8.42 Å². The topological polar surface area (TPSA) is 63.6 Å². The van der Waals surface area contributed by atoms with Crippen LogP contribution in [0.1, 0.15) is 0 Å². The van der Waals surface area contributed by atoms with E-state index >= 15 is 0 Å². The predicted octanol–water partition coefficient (Wildman–Crippen LogP) is 1.87. The number of halogens is 1. The van der Waals surface area contributed by atoms with Crippen LogP contribution >= 0.6 is 15.9 Å². The molecule has 0 aliphatic heterocycles. The van der Waals surface area contributed by atoms with E-state index in [1.807, 2.05) is 0 Å². The normalized spacial score (nSPS) is 12.5. The largest absolute Gasteiger partial charge is 0.290 e. The van der Waals surface area contributed by atoms with Crippen molar-refractivity contribution in [3.63, 3.8) is 0 Å². The van der Waals surface area contributed by atoms with Gasteiger partial charge in [0.1, 0.15) is 0 Å². The summed E-state index contributed by atoms with van der Waals surface area (Å²) >= 11 is 3.19. The lowest BCUT2D eigenvalue weighted by molar-refractivity contribution is 0.598. The summed E-state index contributed by atoms with van der Waals surface area (Å²) in [5.74, 6) is 0. The molecule has 0 saturated carbocycles. The molecule has 1 aromatic carbocycles. The van der Waals surface area contributed by atoms with Crippen molar-refractivity contribution in [3.8, 4) is 0 Å². The molecule has 0 spiro atoms. The van der Waals surface area contributed by atoms with Crippen molar-refractivity contribution in [2.24, 2.45) is 3.77 Å². The molecule has 4 nitrogen and oxygen atoms in total. The minimum Gasteiger partial charge on any atom is -0.249 e. The van der Waals surface area contributed by atoms with Gasteiger partial charge in [0.2, 0.25) is 0 Å². The Bertz CT molecular complexity index is 560. The van der Waals surface area contributed by atoms with Crippen LogP contribution in [-0.4, -0.2) is 25.1 Å². The molecule has 0 aliphatic carbocycles. The lowest BCUT2D eigenvalue weighted by Gasteiger charge is -1.99.